The lowest BCUT2D eigenvalue weighted by Gasteiger charge is -2.42. The van der Waals surface area contributed by atoms with E-state index in [-0.39, 0.29) is 63.5 Å². The van der Waals surface area contributed by atoms with Crippen molar-refractivity contribution in [3.63, 3.8) is 0 Å². The summed E-state index contributed by atoms with van der Waals surface area (Å²) in [6.45, 7) is 39.2. The van der Waals surface area contributed by atoms with Crippen LogP contribution in [0.5, 0.6) is 0 Å². The van der Waals surface area contributed by atoms with Gasteiger partial charge in [0.05, 0.1) is 95.8 Å². The van der Waals surface area contributed by atoms with Crippen LogP contribution in [0.15, 0.2) is 0 Å². The molecule has 0 aromatic heterocycles. The molecule has 24 aliphatic rings. The predicted octanol–water partition coefficient (Wildman–Crippen LogP) is 17.9. The smallest absolute Gasteiger partial charge is 0.312 e. The first-order chi connectivity index (χ1) is 54.5. The van der Waals surface area contributed by atoms with E-state index in [0.717, 1.165) is 154 Å². The molecule has 0 aromatic rings. The van der Waals surface area contributed by atoms with Gasteiger partial charge < -0.3 is 23.7 Å². The molecule has 15 saturated carbocycles. The molecule has 9 aliphatic heterocycles. The van der Waals surface area contributed by atoms with E-state index in [1.807, 2.05) is 125 Å². The van der Waals surface area contributed by atoms with Gasteiger partial charge in [0.1, 0.15) is 15.9 Å². The Balaban J connectivity index is 0.000000174. The number of esters is 5. The average molecular weight is 1670 g/mol. The zero-order valence-corrected chi connectivity index (χ0v) is 76.4. The molecule has 9 saturated heterocycles. The molecule has 0 N–H and O–H groups in total. The van der Waals surface area contributed by atoms with E-state index in [2.05, 4.69) is 8.92 Å². The zero-order chi connectivity index (χ0) is 83.7. The number of carbonyl (C=O) groups is 5. The molecule has 15 aliphatic carbocycles. The fourth-order valence-corrected chi connectivity index (χ4v) is 33.5. The van der Waals surface area contributed by atoms with Gasteiger partial charge in [-0.1, -0.05) is 137 Å². The third kappa shape index (κ3) is 21.2. The second-order valence-electron chi connectivity index (χ2n) is 34.2. The number of fused-ring (bicyclic) bond motifs is 26. The molecule has 113 heavy (non-hydrogen) atoms. The molecule has 29 atom stereocenters. The fourth-order valence-electron chi connectivity index (χ4n) is 26.4. The lowest BCUT2D eigenvalue weighted by molar-refractivity contribution is -0.151. The van der Waals surface area contributed by atoms with Crippen LogP contribution in [-0.4, -0.2) is 142 Å². The molecule has 0 aromatic carbocycles. The standard InChI is InChI=1S/C15H20O2.C14H18O2.C8H12O2S.C8H10O2.C8H12O2.C7H10O3S.C4H8O2S.C4H6O2.C3H6O3S.9C2H6/c16-14-15(3-4-17-14)7-10-6-11(15)13-9-2-1-8(5-9)12(10)13;15-14-13-9-4-8(10(13)5-16-14)11-6-1-2-7(3-6)12(9)11;9-11(10)4-6-1-5-2-7(6)8(11)3-5;9-8-6-2-4-1-5(6)7(3-4)10-8;9-8-7-4-2-1-3-6(7)5-10-8;8-11(9)7-3-4-1-5(7)6(2-4)10-11;5-7(6)3-1-2-4-7;5-4-2-1-3-6-4;4-7(5)3-1-2-6-7;9*1-2/h8-13H,1-7H2;6-13H,1-5H2;5-8H,1-4H2;4-7H,1-3H2;6-7H,1-5H2;4-7H,1-3H2;1-4H2;1-3H2;1-3H2;9*1-2H3. The second kappa shape index (κ2) is 44.0. The maximum absolute atomic E-state index is 12.2. The highest BCUT2D eigenvalue weighted by Crippen LogP contribution is 2.74. The van der Waals surface area contributed by atoms with E-state index >= 15 is 0 Å². The first kappa shape index (κ1) is 97.2. The van der Waals surface area contributed by atoms with E-state index in [0.29, 0.717) is 122 Å². The minimum atomic E-state index is -3.13. The molecule has 0 radical (unpaired) electrons. The minimum Gasteiger partial charge on any atom is -0.466 e. The first-order valence-electron chi connectivity index (χ1n) is 46.6. The third-order valence-electron chi connectivity index (χ3n) is 29.7. The van der Waals surface area contributed by atoms with Crippen LogP contribution in [0.25, 0.3) is 0 Å². The van der Waals surface area contributed by atoms with Gasteiger partial charge in [-0.3, -0.25) is 32.3 Å². The van der Waals surface area contributed by atoms with Crippen LogP contribution >= 0.6 is 0 Å². The van der Waals surface area contributed by atoms with Crippen molar-refractivity contribution in [2.75, 3.05) is 56.0 Å². The summed E-state index contributed by atoms with van der Waals surface area (Å²) in [6, 6.07) is 0. The minimum absolute atomic E-state index is 0.00366. The zero-order valence-electron chi connectivity index (χ0n) is 73.1. The highest BCUT2D eigenvalue weighted by atomic mass is 32.2. The van der Waals surface area contributed by atoms with E-state index in [4.69, 9.17) is 23.1 Å². The van der Waals surface area contributed by atoms with Gasteiger partial charge in [0.25, 0.3) is 20.2 Å². The molecule has 1 spiro atoms. The molecule has 24 fully saturated rings. The summed E-state index contributed by atoms with van der Waals surface area (Å²) in [5.74, 6) is 19.5. The summed E-state index contributed by atoms with van der Waals surface area (Å²) in [7, 11) is -11.4. The number of carbonyl (C=O) groups excluding carboxylic acids is 5. The van der Waals surface area contributed by atoms with Crippen molar-refractivity contribution in [2.45, 2.75) is 327 Å². The molecule has 9 heterocycles. The Labute approximate surface area is 685 Å². The van der Waals surface area contributed by atoms with Crippen LogP contribution in [0, 0.1) is 147 Å². The number of hydrogen-bond acceptors (Lipinski definition) is 20. The van der Waals surface area contributed by atoms with Gasteiger partial charge in [0.15, 0.2) is 9.84 Å². The van der Waals surface area contributed by atoms with Crippen molar-refractivity contribution in [3.05, 3.63) is 0 Å². The normalized spacial score (nSPS) is 43.2. The summed E-state index contributed by atoms with van der Waals surface area (Å²) >= 11 is 0. The molecule has 24 rings (SSSR count). The molecular weight excluding hydrogens is 1520 g/mol. The van der Waals surface area contributed by atoms with Gasteiger partial charge in [0, 0.05) is 30.1 Å². The van der Waals surface area contributed by atoms with Gasteiger partial charge >= 0.3 is 29.8 Å². The first-order valence-corrected chi connectivity index (χ1v) is 53.2. The van der Waals surface area contributed by atoms with Crippen LogP contribution < -0.4 is 0 Å². The van der Waals surface area contributed by atoms with Crippen LogP contribution in [0.2, 0.25) is 0 Å². The van der Waals surface area contributed by atoms with E-state index < -0.39 is 39.9 Å². The van der Waals surface area contributed by atoms with E-state index in [1.165, 1.54) is 96.3 Å². The van der Waals surface area contributed by atoms with Crippen molar-refractivity contribution in [2.24, 2.45) is 147 Å². The van der Waals surface area contributed by atoms with Crippen molar-refractivity contribution < 1.29 is 89.7 Å². The van der Waals surface area contributed by atoms with Gasteiger partial charge in [0.2, 0.25) is 0 Å². The maximum Gasteiger partial charge on any atom is 0.312 e. The molecular formula is C89H156O20S4. The van der Waals surface area contributed by atoms with Crippen molar-refractivity contribution in [1.29, 1.82) is 0 Å². The Morgan fingerprint density at radius 3 is 1.41 bits per heavy atom. The van der Waals surface area contributed by atoms with E-state index in [9.17, 15) is 57.6 Å². The van der Waals surface area contributed by atoms with Crippen molar-refractivity contribution >= 4 is 69.8 Å². The van der Waals surface area contributed by atoms with Gasteiger partial charge in [-0.05, 0) is 261 Å². The van der Waals surface area contributed by atoms with Crippen LogP contribution in [0.3, 0.4) is 0 Å². The highest BCUT2D eigenvalue weighted by molar-refractivity contribution is 7.92. The van der Waals surface area contributed by atoms with Crippen LogP contribution in [0.1, 0.15) is 304 Å². The Hall–Kier alpha value is -2.93. The monoisotopic (exact) mass is 1670 g/mol. The molecule has 24 heteroatoms. The van der Waals surface area contributed by atoms with Gasteiger partial charge in [-0.2, -0.15) is 16.8 Å². The Morgan fingerprint density at radius 2 is 0.938 bits per heavy atom. The molecule has 14 bridgehead atoms. The molecule has 0 amide bonds. The molecule has 29 unspecified atom stereocenters. The summed E-state index contributed by atoms with van der Waals surface area (Å²) in [5, 5.41) is -0.0440. The number of ether oxygens (including phenoxy) is 5. The topological polar surface area (TPSA) is 287 Å². The second-order valence-corrected chi connectivity index (χ2v) is 42.3. The average Bonchev–Trinajstić information content (AvgIpc) is 1.53. The number of cyclic esters (lactones) is 4. The predicted molar refractivity (Wildman–Crippen MR) is 445 cm³/mol. The quantitative estimate of drug-likeness (QED) is 0.0942. The molecule has 20 nitrogen and oxygen atoms in total. The largest absolute Gasteiger partial charge is 0.466 e. The number of sulfone groups is 2. The summed E-state index contributed by atoms with van der Waals surface area (Å²) in [4.78, 5) is 56.1. The van der Waals surface area contributed by atoms with E-state index in [1.54, 1.807) is 0 Å². The number of rotatable bonds is 0. The lowest BCUT2D eigenvalue weighted by Crippen LogP contribution is -2.42. The van der Waals surface area contributed by atoms with Crippen molar-refractivity contribution in [1.82, 2.24) is 0 Å². The maximum atomic E-state index is 12.2. The van der Waals surface area contributed by atoms with Crippen LogP contribution in [-0.2, 0) is 95.9 Å². The Morgan fingerprint density at radius 1 is 0.372 bits per heavy atom. The number of hydrogen-bond donors (Lipinski definition) is 0. The van der Waals surface area contributed by atoms with Crippen molar-refractivity contribution in [3.8, 4) is 0 Å². The SMILES string of the molecule is CC.CC.CC.CC.CC.CC.CC.CC.CC.O=C1CCCO1.O=C1OC2CC3CC1C2C3.O=C1OCC2C3CC(C12)C1C2CCC(C2)C31.O=C1OCC2CCCCC12.O=C1OCCC12CC1CC2C2C3CCC(C3)C12.O=S1(=O)CC2CC3CC2C1C3.O=S1(=O)CCCC1.O=S1(=O)CCCO1.O=S1(=O)OC2CC3CC2C1C3. The Kier molecular flexibility index (Phi) is 37.9. The third-order valence-corrected chi connectivity index (χ3v) is 37.0. The molecule has 656 valence electrons. The highest BCUT2D eigenvalue weighted by Gasteiger charge is 2.71. The fraction of sp³-hybridized carbons (Fsp3) is 0.944. The summed E-state index contributed by atoms with van der Waals surface area (Å²) in [5.41, 5.74) is -0.00366. The summed E-state index contributed by atoms with van der Waals surface area (Å²) in [6.07, 6.45) is 32.9. The Bertz CT molecular complexity index is 3340. The van der Waals surface area contributed by atoms with Gasteiger partial charge in [-0.15, -0.1) is 0 Å². The van der Waals surface area contributed by atoms with Gasteiger partial charge in [-0.25, -0.2) is 16.8 Å². The van der Waals surface area contributed by atoms with Crippen LogP contribution in [0.4, 0.5) is 0 Å². The lowest BCUT2D eigenvalue weighted by atomic mass is 9.60. The summed E-state index contributed by atoms with van der Waals surface area (Å²) < 4.78 is 121.